The van der Waals surface area contributed by atoms with Gasteiger partial charge in [0, 0.05) is 24.6 Å². The van der Waals surface area contributed by atoms with Crippen LogP contribution in [0.25, 0.3) is 22.0 Å². The van der Waals surface area contributed by atoms with Crippen LogP contribution in [-0.2, 0) is 11.3 Å². The molecule has 0 bridgehead atoms. The largest absolute Gasteiger partial charge is 0.389 e. The van der Waals surface area contributed by atoms with Crippen molar-refractivity contribution in [2.75, 3.05) is 13.2 Å². The second-order valence-corrected chi connectivity index (χ2v) is 9.68. The topological polar surface area (TPSA) is 93.5 Å². The van der Waals surface area contributed by atoms with Gasteiger partial charge in [0.15, 0.2) is 0 Å². The first kappa shape index (κ1) is 25.7. The zero-order chi connectivity index (χ0) is 27.0. The van der Waals surface area contributed by atoms with E-state index in [1.807, 2.05) is 32.0 Å². The first-order valence-corrected chi connectivity index (χ1v) is 12.3. The van der Waals surface area contributed by atoms with Crippen LogP contribution in [0.4, 0.5) is 8.78 Å². The molecule has 0 saturated carbocycles. The highest BCUT2D eigenvalue weighted by atomic mass is 19.1. The minimum Gasteiger partial charge on any atom is -0.389 e. The summed E-state index contributed by atoms with van der Waals surface area (Å²) in [7, 11) is 0. The number of benzene rings is 2. The SMILES string of the molecule is Cc1cc(C)cc(-c2cc(F)c(Cn3cc(C(=O)N[C@H]4CCOC[C@@H]4O)c4ncccc4c3=O)c(F)c2)c1. The second kappa shape index (κ2) is 10.4. The number of aliphatic hydroxyl groups excluding tert-OH is 1. The monoisotopic (exact) mass is 519 g/mol. The first-order valence-electron chi connectivity index (χ1n) is 12.3. The predicted molar refractivity (Wildman–Crippen MR) is 139 cm³/mol. The van der Waals surface area contributed by atoms with Crippen molar-refractivity contribution >= 4 is 16.8 Å². The van der Waals surface area contributed by atoms with Gasteiger partial charge in [-0.1, -0.05) is 29.3 Å². The maximum absolute atomic E-state index is 15.3. The summed E-state index contributed by atoms with van der Waals surface area (Å²) >= 11 is 0. The maximum Gasteiger partial charge on any atom is 0.260 e. The highest BCUT2D eigenvalue weighted by Crippen LogP contribution is 2.27. The van der Waals surface area contributed by atoms with E-state index in [2.05, 4.69) is 10.3 Å². The number of hydrogen-bond acceptors (Lipinski definition) is 5. The first-order chi connectivity index (χ1) is 18.2. The zero-order valence-electron chi connectivity index (χ0n) is 21.0. The number of aryl methyl sites for hydroxylation is 2. The molecule has 1 saturated heterocycles. The van der Waals surface area contributed by atoms with Crippen molar-refractivity contribution in [2.45, 2.75) is 39.0 Å². The number of pyridine rings is 2. The third-order valence-corrected chi connectivity index (χ3v) is 6.75. The average Bonchev–Trinajstić information content (AvgIpc) is 2.88. The number of aromatic nitrogens is 2. The van der Waals surface area contributed by atoms with Gasteiger partial charge in [0.2, 0.25) is 0 Å². The quantitative estimate of drug-likeness (QED) is 0.418. The van der Waals surface area contributed by atoms with Crippen LogP contribution in [0.2, 0.25) is 0 Å². The number of amides is 1. The zero-order valence-corrected chi connectivity index (χ0v) is 21.0. The fourth-order valence-electron chi connectivity index (χ4n) is 4.88. The molecule has 0 radical (unpaired) electrons. The van der Waals surface area contributed by atoms with Crippen LogP contribution in [0.3, 0.4) is 0 Å². The number of aliphatic hydroxyl groups is 1. The molecule has 38 heavy (non-hydrogen) atoms. The van der Waals surface area contributed by atoms with E-state index in [1.54, 1.807) is 6.07 Å². The molecule has 2 atom stereocenters. The molecule has 0 unspecified atom stereocenters. The standard InChI is InChI=1S/C29H27F2N3O4/c1-16-8-17(2)10-18(9-16)19-11-23(30)21(24(31)12-19)13-34-14-22(27-20(29(34)37)4-3-6-32-27)28(36)33-25-5-7-38-15-26(25)35/h3-4,6,8-12,14,25-26,35H,5,7,13,15H2,1-2H3,(H,33,36)/t25-,26-/m0/s1. The van der Waals surface area contributed by atoms with Gasteiger partial charge in [0.05, 0.1) is 41.8 Å². The summed E-state index contributed by atoms with van der Waals surface area (Å²) in [5, 5.41) is 13.1. The Morgan fingerprint density at radius 1 is 1.13 bits per heavy atom. The molecule has 1 fully saturated rings. The fraction of sp³-hybridized carbons (Fsp3) is 0.276. The minimum absolute atomic E-state index is 0.0616. The van der Waals surface area contributed by atoms with E-state index < -0.39 is 41.8 Å². The highest BCUT2D eigenvalue weighted by Gasteiger charge is 2.27. The van der Waals surface area contributed by atoms with Gasteiger partial charge < -0.3 is 19.7 Å². The summed E-state index contributed by atoms with van der Waals surface area (Å²) < 4.78 is 36.8. The van der Waals surface area contributed by atoms with E-state index >= 15 is 8.78 Å². The van der Waals surface area contributed by atoms with Crippen molar-refractivity contribution in [1.82, 2.24) is 14.9 Å². The molecule has 0 spiro atoms. The number of halogens is 2. The molecular formula is C29H27F2N3O4. The molecule has 1 aliphatic rings. The van der Waals surface area contributed by atoms with Gasteiger partial charge in [-0.3, -0.25) is 14.6 Å². The molecule has 4 aromatic rings. The molecule has 2 aromatic carbocycles. The smallest absolute Gasteiger partial charge is 0.260 e. The molecule has 1 aliphatic heterocycles. The summed E-state index contributed by atoms with van der Waals surface area (Å²) in [4.78, 5) is 30.6. The van der Waals surface area contributed by atoms with Gasteiger partial charge in [-0.2, -0.15) is 0 Å². The van der Waals surface area contributed by atoms with E-state index in [4.69, 9.17) is 4.74 Å². The van der Waals surface area contributed by atoms with Gasteiger partial charge in [0.1, 0.15) is 11.6 Å². The molecule has 0 aliphatic carbocycles. The minimum atomic E-state index is -0.878. The third-order valence-electron chi connectivity index (χ3n) is 6.75. The lowest BCUT2D eigenvalue weighted by Gasteiger charge is -2.28. The molecule has 2 N–H and O–H groups in total. The fourth-order valence-corrected chi connectivity index (χ4v) is 4.88. The Bertz CT molecular complexity index is 1560. The van der Waals surface area contributed by atoms with E-state index in [0.29, 0.717) is 24.2 Å². The number of carbonyl (C=O) groups excluding carboxylic acids is 1. The summed E-state index contributed by atoms with van der Waals surface area (Å²) in [6.07, 6.45) is 2.25. The van der Waals surface area contributed by atoms with E-state index in [0.717, 1.165) is 15.7 Å². The van der Waals surface area contributed by atoms with Crippen LogP contribution >= 0.6 is 0 Å². The summed E-state index contributed by atoms with van der Waals surface area (Å²) in [5.74, 6) is -2.15. The van der Waals surface area contributed by atoms with E-state index in [-0.39, 0.29) is 28.6 Å². The van der Waals surface area contributed by atoms with Crippen molar-refractivity contribution in [1.29, 1.82) is 0 Å². The molecule has 2 aromatic heterocycles. The van der Waals surface area contributed by atoms with Gasteiger partial charge in [-0.05, 0) is 55.7 Å². The molecular weight excluding hydrogens is 492 g/mol. The number of rotatable bonds is 5. The van der Waals surface area contributed by atoms with Crippen LogP contribution in [0.5, 0.6) is 0 Å². The van der Waals surface area contributed by atoms with Crippen LogP contribution < -0.4 is 10.9 Å². The number of ether oxygens (including phenoxy) is 1. The number of carbonyl (C=O) groups is 1. The van der Waals surface area contributed by atoms with Crippen molar-refractivity contribution < 1.29 is 23.4 Å². The van der Waals surface area contributed by atoms with E-state index in [1.165, 1.54) is 30.6 Å². The molecule has 9 heteroatoms. The Hall–Kier alpha value is -3.95. The number of nitrogens with one attached hydrogen (secondary N) is 1. The number of fused-ring (bicyclic) bond motifs is 1. The lowest BCUT2D eigenvalue weighted by atomic mass is 9.99. The van der Waals surface area contributed by atoms with Gasteiger partial charge >= 0.3 is 0 Å². The van der Waals surface area contributed by atoms with Crippen molar-refractivity contribution in [3.05, 3.63) is 99.1 Å². The Morgan fingerprint density at radius 3 is 2.50 bits per heavy atom. The Balaban J connectivity index is 1.53. The molecule has 7 nitrogen and oxygen atoms in total. The Morgan fingerprint density at radius 2 is 1.82 bits per heavy atom. The lowest BCUT2D eigenvalue weighted by molar-refractivity contribution is -0.0260. The van der Waals surface area contributed by atoms with Gasteiger partial charge in [-0.15, -0.1) is 0 Å². The predicted octanol–water partition coefficient (Wildman–Crippen LogP) is 3.89. The van der Waals surface area contributed by atoms with Crippen LogP contribution in [0.15, 0.2) is 59.7 Å². The molecule has 3 heterocycles. The Kier molecular flexibility index (Phi) is 7.05. The van der Waals surface area contributed by atoms with Crippen molar-refractivity contribution in [2.24, 2.45) is 0 Å². The lowest BCUT2D eigenvalue weighted by Crippen LogP contribution is -2.48. The van der Waals surface area contributed by atoms with Crippen LogP contribution in [0.1, 0.15) is 33.5 Å². The summed E-state index contributed by atoms with van der Waals surface area (Å²) in [5.41, 5.74) is 2.42. The average molecular weight is 520 g/mol. The van der Waals surface area contributed by atoms with Crippen LogP contribution in [0, 0.1) is 25.5 Å². The normalized spacial score (nSPS) is 17.5. The van der Waals surface area contributed by atoms with Crippen molar-refractivity contribution in [3.63, 3.8) is 0 Å². The maximum atomic E-state index is 15.3. The Labute approximate surface area is 217 Å². The molecule has 5 rings (SSSR count). The second-order valence-electron chi connectivity index (χ2n) is 9.68. The molecule has 196 valence electrons. The van der Waals surface area contributed by atoms with E-state index in [9.17, 15) is 14.7 Å². The van der Waals surface area contributed by atoms with Gasteiger partial charge in [0.25, 0.3) is 11.5 Å². The third kappa shape index (κ3) is 5.07. The van der Waals surface area contributed by atoms with Gasteiger partial charge in [-0.25, -0.2) is 8.78 Å². The van der Waals surface area contributed by atoms with Crippen LogP contribution in [-0.4, -0.2) is 45.9 Å². The summed E-state index contributed by atoms with van der Waals surface area (Å²) in [6.45, 7) is 3.88. The molecule has 1 amide bonds. The highest BCUT2D eigenvalue weighted by molar-refractivity contribution is 6.05. The van der Waals surface area contributed by atoms with Crippen molar-refractivity contribution in [3.8, 4) is 11.1 Å². The number of nitrogens with zero attached hydrogens (tertiary/aromatic N) is 2. The summed E-state index contributed by atoms with van der Waals surface area (Å²) in [6, 6.07) is 10.7. The number of hydrogen-bond donors (Lipinski definition) is 2.